The van der Waals surface area contributed by atoms with Crippen molar-refractivity contribution in [3.8, 4) is 0 Å². The van der Waals surface area contributed by atoms with Crippen LogP contribution in [0.15, 0.2) is 41.0 Å². The maximum atomic E-state index is 12.9. The van der Waals surface area contributed by atoms with E-state index >= 15 is 0 Å². The second-order valence-corrected chi connectivity index (χ2v) is 9.17. The number of carbonyl (C=O) groups is 1. The molecule has 0 aliphatic heterocycles. The Hall–Kier alpha value is -2.33. The molecule has 0 atom stereocenters. The second kappa shape index (κ2) is 9.27. The Morgan fingerprint density at radius 2 is 1.94 bits per heavy atom. The smallest absolute Gasteiger partial charge is 0.353 e. The average Bonchev–Trinajstić information content (AvgIpc) is 3.14. The Kier molecular flexibility index (Phi) is 6.62. The Morgan fingerprint density at radius 3 is 2.66 bits per heavy atom. The summed E-state index contributed by atoms with van der Waals surface area (Å²) in [6.07, 6.45) is 0.500. The highest BCUT2D eigenvalue weighted by molar-refractivity contribution is 9.10. The fraction of sp³-hybridized carbons (Fsp3) is 0.381. The van der Waals surface area contributed by atoms with Gasteiger partial charge in [0.15, 0.2) is 5.65 Å². The fourth-order valence-corrected chi connectivity index (χ4v) is 4.34. The van der Waals surface area contributed by atoms with E-state index in [0.29, 0.717) is 18.4 Å². The summed E-state index contributed by atoms with van der Waals surface area (Å²) in [5, 5.41) is 10.5. The van der Waals surface area contributed by atoms with Gasteiger partial charge in [-0.05, 0) is 61.9 Å². The zero-order valence-corrected chi connectivity index (χ0v) is 19.1. The lowest BCUT2D eigenvalue weighted by Crippen LogP contribution is -2.38. The van der Waals surface area contributed by atoms with Gasteiger partial charge in [0.1, 0.15) is 0 Å². The SMILES string of the molecule is O=C(NC1CCC(CNc2nc3cc(Br)ccn3n2)CC1)c1cc(C(F)(F)F)ccc1Cl. The number of aromatic nitrogens is 3. The molecule has 1 saturated carbocycles. The number of fused-ring (bicyclic) bond motifs is 1. The Balaban J connectivity index is 1.28. The first-order chi connectivity index (χ1) is 15.2. The van der Waals surface area contributed by atoms with Crippen LogP contribution >= 0.6 is 27.5 Å². The maximum absolute atomic E-state index is 12.9. The van der Waals surface area contributed by atoms with Gasteiger partial charge in [0, 0.05) is 23.3 Å². The van der Waals surface area contributed by atoms with Crippen LogP contribution in [0.2, 0.25) is 5.02 Å². The number of carbonyl (C=O) groups excluding carboxylic acids is 1. The zero-order valence-electron chi connectivity index (χ0n) is 16.8. The molecule has 170 valence electrons. The zero-order chi connectivity index (χ0) is 22.9. The minimum absolute atomic E-state index is 0.000343. The molecule has 4 rings (SSSR count). The molecule has 2 N–H and O–H groups in total. The molecule has 0 bridgehead atoms. The van der Waals surface area contributed by atoms with Crippen LogP contribution in [-0.4, -0.2) is 33.1 Å². The van der Waals surface area contributed by atoms with Gasteiger partial charge >= 0.3 is 6.18 Å². The summed E-state index contributed by atoms with van der Waals surface area (Å²) in [6.45, 7) is 0.707. The van der Waals surface area contributed by atoms with E-state index in [0.717, 1.165) is 54.0 Å². The number of rotatable bonds is 5. The number of amides is 1. The molecule has 1 aliphatic carbocycles. The molecule has 32 heavy (non-hydrogen) atoms. The highest BCUT2D eigenvalue weighted by Crippen LogP contribution is 2.32. The minimum atomic E-state index is -4.53. The fourth-order valence-electron chi connectivity index (χ4n) is 3.82. The van der Waals surface area contributed by atoms with Crippen LogP contribution in [0.1, 0.15) is 41.6 Å². The first-order valence-corrected chi connectivity index (χ1v) is 11.3. The molecule has 2 aromatic heterocycles. The van der Waals surface area contributed by atoms with Crippen LogP contribution in [0, 0.1) is 5.92 Å². The van der Waals surface area contributed by atoms with Crippen LogP contribution < -0.4 is 10.6 Å². The lowest BCUT2D eigenvalue weighted by atomic mass is 9.86. The van der Waals surface area contributed by atoms with Crippen molar-refractivity contribution in [2.75, 3.05) is 11.9 Å². The molecular weight excluding hydrogens is 511 g/mol. The predicted molar refractivity (Wildman–Crippen MR) is 119 cm³/mol. The van der Waals surface area contributed by atoms with E-state index in [2.05, 4.69) is 36.6 Å². The van der Waals surface area contributed by atoms with Gasteiger partial charge in [-0.2, -0.15) is 18.2 Å². The van der Waals surface area contributed by atoms with E-state index in [4.69, 9.17) is 11.6 Å². The van der Waals surface area contributed by atoms with Crippen LogP contribution in [0.25, 0.3) is 5.65 Å². The third-order valence-corrected chi connectivity index (χ3v) is 6.39. The highest BCUT2D eigenvalue weighted by Gasteiger charge is 2.32. The molecular formula is C21H20BrClF3N5O. The Labute approximate surface area is 195 Å². The van der Waals surface area contributed by atoms with E-state index < -0.39 is 17.6 Å². The lowest BCUT2D eigenvalue weighted by Gasteiger charge is -2.29. The first-order valence-electron chi connectivity index (χ1n) is 10.1. The number of benzene rings is 1. The van der Waals surface area contributed by atoms with E-state index in [1.165, 1.54) is 0 Å². The molecule has 0 saturated heterocycles. The van der Waals surface area contributed by atoms with Gasteiger partial charge in [0.2, 0.25) is 5.95 Å². The number of anilines is 1. The van der Waals surface area contributed by atoms with Crippen molar-refractivity contribution >= 4 is 45.0 Å². The molecule has 0 spiro atoms. The van der Waals surface area contributed by atoms with Crippen LogP contribution in [-0.2, 0) is 6.18 Å². The summed E-state index contributed by atoms with van der Waals surface area (Å²) in [4.78, 5) is 17.0. The highest BCUT2D eigenvalue weighted by atomic mass is 79.9. The Morgan fingerprint density at radius 1 is 1.19 bits per heavy atom. The number of hydrogen-bond donors (Lipinski definition) is 2. The van der Waals surface area contributed by atoms with Gasteiger partial charge in [-0.25, -0.2) is 4.52 Å². The number of pyridine rings is 1. The molecule has 2 heterocycles. The van der Waals surface area contributed by atoms with Gasteiger partial charge < -0.3 is 10.6 Å². The maximum Gasteiger partial charge on any atom is 0.416 e. The minimum Gasteiger partial charge on any atom is -0.353 e. The van der Waals surface area contributed by atoms with Crippen LogP contribution in [0.3, 0.4) is 0 Å². The van der Waals surface area contributed by atoms with E-state index in [1.807, 2.05) is 18.3 Å². The molecule has 3 aromatic rings. The standard InChI is InChI=1S/C21H20BrClF3N5O/c22-14-7-8-31-18(10-14)29-20(30-31)27-11-12-1-4-15(5-2-12)28-19(32)16-9-13(21(24,25)26)3-6-17(16)23/h3,6-10,12,15H,1-2,4-5,11H2,(H,27,30)(H,28,32). The average molecular weight is 531 g/mol. The van der Waals surface area contributed by atoms with E-state index in [9.17, 15) is 18.0 Å². The molecule has 0 unspecified atom stereocenters. The topological polar surface area (TPSA) is 71.3 Å². The number of alkyl halides is 3. The van der Waals surface area contributed by atoms with Crippen molar-refractivity contribution in [3.63, 3.8) is 0 Å². The predicted octanol–water partition coefficient (Wildman–Crippen LogP) is 5.56. The van der Waals surface area contributed by atoms with Gasteiger partial charge in [0.05, 0.1) is 16.1 Å². The van der Waals surface area contributed by atoms with Crippen LogP contribution in [0.5, 0.6) is 0 Å². The number of nitrogens with zero attached hydrogens (tertiary/aromatic N) is 3. The van der Waals surface area contributed by atoms with Crippen molar-refractivity contribution in [1.82, 2.24) is 19.9 Å². The summed E-state index contributed by atoms with van der Waals surface area (Å²) in [5.74, 6) is 0.360. The molecule has 6 nitrogen and oxygen atoms in total. The van der Waals surface area contributed by atoms with Crippen molar-refractivity contribution in [2.24, 2.45) is 5.92 Å². The van der Waals surface area contributed by atoms with Crippen molar-refractivity contribution in [2.45, 2.75) is 37.9 Å². The number of halogens is 5. The summed E-state index contributed by atoms with van der Waals surface area (Å²) in [5.41, 5.74) is -0.314. The summed E-state index contributed by atoms with van der Waals surface area (Å²) in [7, 11) is 0. The molecule has 1 aromatic carbocycles. The van der Waals surface area contributed by atoms with E-state index in [-0.39, 0.29) is 16.6 Å². The van der Waals surface area contributed by atoms with Gasteiger partial charge in [0.25, 0.3) is 5.91 Å². The van der Waals surface area contributed by atoms with E-state index in [1.54, 1.807) is 4.52 Å². The third-order valence-electron chi connectivity index (χ3n) is 5.57. The normalized spacial score (nSPS) is 19.2. The van der Waals surface area contributed by atoms with Crippen molar-refractivity contribution in [3.05, 3.63) is 57.2 Å². The monoisotopic (exact) mass is 529 g/mol. The number of nitrogens with one attached hydrogen (secondary N) is 2. The van der Waals surface area contributed by atoms with Gasteiger partial charge in [-0.1, -0.05) is 27.5 Å². The Bertz CT molecular complexity index is 1130. The van der Waals surface area contributed by atoms with Crippen molar-refractivity contribution < 1.29 is 18.0 Å². The summed E-state index contributed by atoms with van der Waals surface area (Å²) >= 11 is 9.37. The number of hydrogen-bond acceptors (Lipinski definition) is 4. The molecule has 0 radical (unpaired) electrons. The summed E-state index contributed by atoms with van der Waals surface area (Å²) < 4.78 is 41.5. The summed E-state index contributed by atoms with van der Waals surface area (Å²) in [6, 6.07) is 6.43. The first kappa shape index (κ1) is 22.8. The molecule has 1 amide bonds. The molecule has 1 fully saturated rings. The lowest BCUT2D eigenvalue weighted by molar-refractivity contribution is -0.137. The molecule has 11 heteroatoms. The largest absolute Gasteiger partial charge is 0.416 e. The third kappa shape index (κ3) is 5.35. The molecule has 1 aliphatic rings. The van der Waals surface area contributed by atoms with Gasteiger partial charge in [-0.3, -0.25) is 4.79 Å². The quantitative estimate of drug-likeness (QED) is 0.453. The van der Waals surface area contributed by atoms with Crippen molar-refractivity contribution in [1.29, 1.82) is 0 Å². The second-order valence-electron chi connectivity index (χ2n) is 7.85. The van der Waals surface area contributed by atoms with Crippen LogP contribution in [0.4, 0.5) is 19.1 Å². The van der Waals surface area contributed by atoms with Gasteiger partial charge in [-0.15, -0.1) is 5.10 Å².